The molecule has 3 heteroatoms. The van der Waals surface area contributed by atoms with E-state index in [0.29, 0.717) is 12.2 Å². The molecule has 0 aromatic heterocycles. The van der Waals surface area contributed by atoms with E-state index in [1.807, 2.05) is 25.1 Å². The lowest BCUT2D eigenvalue weighted by molar-refractivity contribution is -0.128. The summed E-state index contributed by atoms with van der Waals surface area (Å²) in [5.74, 6) is 5.12. The third-order valence-electron chi connectivity index (χ3n) is 3.67. The van der Waals surface area contributed by atoms with E-state index in [1.165, 1.54) is 5.56 Å². The lowest BCUT2D eigenvalue weighted by Gasteiger charge is -2.06. The van der Waals surface area contributed by atoms with Crippen LogP contribution in [0.15, 0.2) is 66.7 Å². The Morgan fingerprint density at radius 1 is 1.08 bits per heavy atom. The molecule has 0 atom stereocenters. The Bertz CT molecular complexity index is 752. The maximum Gasteiger partial charge on any atom is 0.389 e. The number of allylic oxidation sites excluding steroid dienone is 2. The molecule has 0 saturated carbocycles. The second kappa shape index (κ2) is 11.5. The number of anilines is 1. The molecule has 0 aliphatic carbocycles. The number of carbonyl (C=O) groups is 1. The summed E-state index contributed by atoms with van der Waals surface area (Å²) in [6, 6.07) is 17.8. The Kier molecular flexibility index (Phi) is 8.59. The van der Waals surface area contributed by atoms with E-state index in [2.05, 4.69) is 53.6 Å². The monoisotopic (exact) mass is 347 g/mol. The molecule has 0 aliphatic heterocycles. The number of hydrogen-bond donors (Lipinski definition) is 1. The molecule has 3 nitrogen and oxygen atoms in total. The lowest BCUT2D eigenvalue weighted by Crippen LogP contribution is -2.05. The average Bonchev–Trinajstić information content (AvgIpc) is 2.67. The van der Waals surface area contributed by atoms with Crippen molar-refractivity contribution in [3.8, 4) is 17.6 Å². The minimum absolute atomic E-state index is 0.509. The maximum atomic E-state index is 11.4. The van der Waals surface area contributed by atoms with Crippen molar-refractivity contribution in [2.75, 3.05) is 11.9 Å². The summed E-state index contributed by atoms with van der Waals surface area (Å²) in [5, 5.41) is 3.37. The fraction of sp³-hybridized carbons (Fsp3) is 0.261. The number of esters is 1. The normalized spacial score (nSPS) is 10.2. The van der Waals surface area contributed by atoms with Crippen LogP contribution in [0.5, 0.6) is 5.75 Å². The molecule has 0 amide bonds. The van der Waals surface area contributed by atoms with Crippen LogP contribution in [0.1, 0.15) is 31.7 Å². The van der Waals surface area contributed by atoms with Crippen LogP contribution < -0.4 is 10.1 Å². The number of nitrogens with one attached hydrogen (secondary N) is 1. The van der Waals surface area contributed by atoms with Crippen LogP contribution in [0.25, 0.3) is 0 Å². The molecule has 0 unspecified atom stereocenters. The molecule has 26 heavy (non-hydrogen) atoms. The van der Waals surface area contributed by atoms with Crippen LogP contribution in [0.4, 0.5) is 5.69 Å². The Hall–Kier alpha value is -2.99. The van der Waals surface area contributed by atoms with Gasteiger partial charge >= 0.3 is 5.97 Å². The highest BCUT2D eigenvalue weighted by Gasteiger charge is 2.00. The Balaban J connectivity index is 1.63. The van der Waals surface area contributed by atoms with Gasteiger partial charge in [-0.25, -0.2) is 4.79 Å². The first kappa shape index (κ1) is 19.3. The van der Waals surface area contributed by atoms with E-state index in [-0.39, 0.29) is 0 Å². The fourth-order valence-electron chi connectivity index (χ4n) is 2.34. The molecule has 0 radical (unpaired) electrons. The van der Waals surface area contributed by atoms with Gasteiger partial charge in [-0.1, -0.05) is 55.3 Å². The Labute approximate surface area is 156 Å². The molecule has 2 aromatic carbocycles. The van der Waals surface area contributed by atoms with Crippen LogP contribution >= 0.6 is 0 Å². The minimum atomic E-state index is -0.519. The van der Waals surface area contributed by atoms with E-state index in [1.54, 1.807) is 12.1 Å². The highest BCUT2D eigenvalue weighted by molar-refractivity contribution is 5.90. The van der Waals surface area contributed by atoms with Crippen molar-refractivity contribution in [3.63, 3.8) is 0 Å². The highest BCUT2D eigenvalue weighted by atomic mass is 16.5. The highest BCUT2D eigenvalue weighted by Crippen LogP contribution is 2.15. The smallest absolute Gasteiger partial charge is 0.389 e. The molecule has 1 N–H and O–H groups in total. The third kappa shape index (κ3) is 7.72. The van der Waals surface area contributed by atoms with Crippen LogP contribution in [-0.2, 0) is 11.2 Å². The minimum Gasteiger partial charge on any atom is -0.417 e. The number of hydrogen-bond acceptors (Lipinski definition) is 3. The zero-order valence-corrected chi connectivity index (χ0v) is 15.2. The molecule has 0 spiro atoms. The van der Waals surface area contributed by atoms with Gasteiger partial charge < -0.3 is 10.1 Å². The number of unbranched alkanes of at least 4 members (excludes halogenated alkanes) is 1. The lowest BCUT2D eigenvalue weighted by atomic mass is 10.1. The first-order valence-corrected chi connectivity index (χ1v) is 9.01. The van der Waals surface area contributed by atoms with Gasteiger partial charge in [0.25, 0.3) is 0 Å². The van der Waals surface area contributed by atoms with E-state index in [9.17, 15) is 4.79 Å². The average molecular weight is 347 g/mol. The quantitative estimate of drug-likeness (QED) is 0.182. The van der Waals surface area contributed by atoms with Crippen molar-refractivity contribution < 1.29 is 9.53 Å². The van der Waals surface area contributed by atoms with Crippen molar-refractivity contribution in [2.45, 2.75) is 32.6 Å². The van der Waals surface area contributed by atoms with Gasteiger partial charge in [0.1, 0.15) is 5.75 Å². The SMILES string of the molecule is CCC#CC(=O)Oc1ccc(NCCCC=CCc2ccccc2)cc1. The van der Waals surface area contributed by atoms with Gasteiger partial charge in [-0.05, 0) is 49.1 Å². The van der Waals surface area contributed by atoms with Gasteiger partial charge in [0.05, 0.1) is 0 Å². The Morgan fingerprint density at radius 2 is 1.85 bits per heavy atom. The van der Waals surface area contributed by atoms with Gasteiger partial charge in [-0.15, -0.1) is 0 Å². The van der Waals surface area contributed by atoms with Crippen molar-refractivity contribution in [2.24, 2.45) is 0 Å². The molecular formula is C23H25NO2. The number of ether oxygens (including phenoxy) is 1. The van der Waals surface area contributed by atoms with Crippen LogP contribution in [0.3, 0.4) is 0 Å². The number of rotatable bonds is 8. The van der Waals surface area contributed by atoms with Gasteiger partial charge in [0, 0.05) is 24.6 Å². The van der Waals surface area contributed by atoms with Gasteiger partial charge in [0.2, 0.25) is 0 Å². The zero-order chi connectivity index (χ0) is 18.5. The summed E-state index contributed by atoms with van der Waals surface area (Å²) < 4.78 is 5.13. The zero-order valence-electron chi connectivity index (χ0n) is 15.2. The largest absolute Gasteiger partial charge is 0.417 e. The first-order valence-electron chi connectivity index (χ1n) is 9.01. The molecule has 0 heterocycles. The first-order chi connectivity index (χ1) is 12.8. The predicted molar refractivity (Wildman–Crippen MR) is 107 cm³/mol. The fourth-order valence-corrected chi connectivity index (χ4v) is 2.34. The van der Waals surface area contributed by atoms with Crippen molar-refractivity contribution in [1.82, 2.24) is 0 Å². The van der Waals surface area contributed by atoms with E-state index in [0.717, 1.165) is 31.5 Å². The van der Waals surface area contributed by atoms with Crippen LogP contribution in [-0.4, -0.2) is 12.5 Å². The van der Waals surface area contributed by atoms with Gasteiger partial charge in [0.15, 0.2) is 0 Å². The standard InChI is InChI=1S/C23H25NO2/c1-2-3-14-23(25)26-22-17-15-21(16-18-22)24-19-10-5-4-7-11-20-12-8-6-9-13-20/h4,6-9,12-13,15-18,24H,2,5,10-11,19H2,1H3. The Morgan fingerprint density at radius 3 is 2.58 bits per heavy atom. The molecule has 0 aliphatic rings. The van der Waals surface area contributed by atoms with Gasteiger partial charge in [-0.2, -0.15) is 0 Å². The van der Waals surface area contributed by atoms with Gasteiger partial charge in [-0.3, -0.25) is 0 Å². The van der Waals surface area contributed by atoms with Crippen LogP contribution in [0, 0.1) is 11.8 Å². The summed E-state index contributed by atoms with van der Waals surface area (Å²) >= 11 is 0. The van der Waals surface area contributed by atoms with Crippen molar-refractivity contribution in [1.29, 1.82) is 0 Å². The molecule has 2 aromatic rings. The summed E-state index contributed by atoms with van der Waals surface area (Å²) in [5.41, 5.74) is 2.35. The third-order valence-corrected chi connectivity index (χ3v) is 3.67. The molecular weight excluding hydrogens is 322 g/mol. The second-order valence-corrected chi connectivity index (χ2v) is 5.80. The van der Waals surface area contributed by atoms with Crippen molar-refractivity contribution in [3.05, 3.63) is 72.3 Å². The van der Waals surface area contributed by atoms with E-state index < -0.39 is 5.97 Å². The number of benzene rings is 2. The maximum absolute atomic E-state index is 11.4. The van der Waals surface area contributed by atoms with Crippen molar-refractivity contribution >= 4 is 11.7 Å². The molecule has 0 bridgehead atoms. The summed E-state index contributed by atoms with van der Waals surface area (Å²) in [4.78, 5) is 11.4. The molecule has 0 fully saturated rings. The molecule has 134 valence electrons. The predicted octanol–water partition coefficient (Wildman–Crippen LogP) is 5.00. The molecule has 0 saturated heterocycles. The number of carbonyl (C=O) groups excluding carboxylic acids is 1. The second-order valence-electron chi connectivity index (χ2n) is 5.80. The topological polar surface area (TPSA) is 38.3 Å². The summed E-state index contributed by atoms with van der Waals surface area (Å²) in [7, 11) is 0. The molecule has 2 rings (SSSR count). The van der Waals surface area contributed by atoms with E-state index in [4.69, 9.17) is 4.74 Å². The summed E-state index contributed by atoms with van der Waals surface area (Å²) in [6.07, 6.45) is 8.19. The van der Waals surface area contributed by atoms with E-state index >= 15 is 0 Å². The summed E-state index contributed by atoms with van der Waals surface area (Å²) in [6.45, 7) is 2.79. The van der Waals surface area contributed by atoms with Crippen LogP contribution in [0.2, 0.25) is 0 Å².